The average Bonchev–Trinajstić information content (AvgIpc) is 2.55. The van der Waals surface area contributed by atoms with Crippen molar-refractivity contribution in [2.24, 2.45) is 0 Å². The Bertz CT molecular complexity index is 940. The minimum absolute atomic E-state index is 0.243. The van der Waals surface area contributed by atoms with Crippen LogP contribution in [0.2, 0.25) is 0 Å². The van der Waals surface area contributed by atoms with Crippen LogP contribution in [0.1, 0.15) is 28.6 Å². The monoisotopic (exact) mass is 355 g/mol. The summed E-state index contributed by atoms with van der Waals surface area (Å²) in [6, 6.07) is 2.38. The topological polar surface area (TPSA) is 47.4 Å². The van der Waals surface area contributed by atoms with Crippen molar-refractivity contribution in [3.63, 3.8) is 0 Å². The van der Waals surface area contributed by atoms with E-state index in [1.54, 1.807) is 7.05 Å². The fourth-order valence-corrected chi connectivity index (χ4v) is 2.60. The SMILES string of the molecule is [2H]C([2H])(Oc1cc2n(c(=O)n1)CCC(C)(C)N2C)c1cc(F)c(F)c(F)c1. The molecule has 1 aromatic carbocycles. The van der Waals surface area contributed by atoms with E-state index in [-0.39, 0.29) is 11.4 Å². The van der Waals surface area contributed by atoms with Gasteiger partial charge in [-0.1, -0.05) is 0 Å². The molecule has 134 valence electrons. The van der Waals surface area contributed by atoms with E-state index in [9.17, 15) is 18.0 Å². The zero-order valence-electron chi connectivity index (χ0n) is 15.9. The van der Waals surface area contributed by atoms with Gasteiger partial charge in [0.2, 0.25) is 5.88 Å². The van der Waals surface area contributed by atoms with Gasteiger partial charge in [0.25, 0.3) is 0 Å². The number of ether oxygens (including phenoxy) is 1. The summed E-state index contributed by atoms with van der Waals surface area (Å²) in [7, 11) is 1.79. The average molecular weight is 355 g/mol. The number of hydrogen-bond acceptors (Lipinski definition) is 4. The maximum absolute atomic E-state index is 13.4. The molecule has 1 aliphatic rings. The van der Waals surface area contributed by atoms with E-state index in [0.717, 1.165) is 0 Å². The highest BCUT2D eigenvalue weighted by atomic mass is 19.2. The van der Waals surface area contributed by atoms with Gasteiger partial charge in [0.1, 0.15) is 12.4 Å². The molecule has 0 unspecified atom stereocenters. The number of benzene rings is 1. The fraction of sp³-hybridized carbons (Fsp3) is 0.412. The van der Waals surface area contributed by atoms with E-state index in [0.29, 0.717) is 30.9 Å². The van der Waals surface area contributed by atoms with E-state index in [1.165, 1.54) is 10.6 Å². The van der Waals surface area contributed by atoms with Gasteiger partial charge >= 0.3 is 5.69 Å². The first-order valence-corrected chi connectivity index (χ1v) is 7.62. The molecule has 1 aromatic heterocycles. The lowest BCUT2D eigenvalue weighted by atomic mass is 9.96. The lowest BCUT2D eigenvalue weighted by Crippen LogP contribution is -2.49. The molecular weight excluding hydrogens is 335 g/mol. The fourth-order valence-electron chi connectivity index (χ4n) is 2.60. The van der Waals surface area contributed by atoms with Crippen molar-refractivity contribution in [2.45, 2.75) is 38.9 Å². The summed E-state index contributed by atoms with van der Waals surface area (Å²) in [4.78, 5) is 17.8. The maximum Gasteiger partial charge on any atom is 0.352 e. The molecule has 0 bridgehead atoms. The van der Waals surface area contributed by atoms with Crippen LogP contribution in [0.5, 0.6) is 5.88 Å². The Hall–Kier alpha value is -2.51. The highest BCUT2D eigenvalue weighted by molar-refractivity contribution is 5.45. The summed E-state index contributed by atoms with van der Waals surface area (Å²) in [5, 5.41) is 0. The first-order chi connectivity index (χ1) is 12.4. The number of hydrogen-bond donors (Lipinski definition) is 0. The van der Waals surface area contributed by atoms with Crippen molar-refractivity contribution in [3.8, 4) is 5.88 Å². The predicted octanol–water partition coefficient (Wildman–Crippen LogP) is 2.86. The first-order valence-electron chi connectivity index (χ1n) is 8.62. The molecule has 25 heavy (non-hydrogen) atoms. The van der Waals surface area contributed by atoms with Gasteiger partial charge in [-0.05, 0) is 38.0 Å². The smallest absolute Gasteiger partial charge is 0.352 e. The third-order valence-corrected chi connectivity index (χ3v) is 4.42. The minimum Gasteiger partial charge on any atom is -0.473 e. The zero-order valence-corrected chi connectivity index (χ0v) is 13.9. The van der Waals surface area contributed by atoms with Gasteiger partial charge in [-0.15, -0.1) is 0 Å². The molecule has 0 spiro atoms. The second-order valence-electron chi connectivity index (χ2n) is 6.47. The van der Waals surface area contributed by atoms with Crippen LogP contribution in [0.25, 0.3) is 0 Å². The van der Waals surface area contributed by atoms with Crippen LogP contribution in [0.3, 0.4) is 0 Å². The normalized spacial score (nSPS) is 17.6. The van der Waals surface area contributed by atoms with Gasteiger partial charge in [0, 0.05) is 25.2 Å². The molecule has 1 aliphatic heterocycles. The predicted molar refractivity (Wildman–Crippen MR) is 86.2 cm³/mol. The summed E-state index contributed by atoms with van der Waals surface area (Å²) in [5.74, 6) is -4.65. The molecular formula is C17H18F3N3O2. The number of nitrogens with zero attached hydrogens (tertiary/aromatic N) is 3. The van der Waals surface area contributed by atoms with Crippen molar-refractivity contribution in [1.29, 1.82) is 0 Å². The van der Waals surface area contributed by atoms with Crippen LogP contribution in [-0.2, 0) is 13.1 Å². The standard InChI is InChI=1S/C17H18F3N3O2/c1-17(2)4-5-23-14(22(17)3)8-13(21-16(23)24)25-9-10-6-11(18)15(20)12(19)7-10/h6-8H,4-5,9H2,1-3H3/i9D2. The third kappa shape index (κ3) is 3.20. The zero-order chi connectivity index (χ0) is 20.1. The minimum atomic E-state index is -2.74. The number of fused-ring (bicyclic) bond motifs is 1. The van der Waals surface area contributed by atoms with E-state index in [1.807, 2.05) is 18.7 Å². The lowest BCUT2D eigenvalue weighted by molar-refractivity contribution is 0.285. The molecule has 0 amide bonds. The van der Waals surface area contributed by atoms with E-state index < -0.39 is 35.3 Å². The van der Waals surface area contributed by atoms with Crippen LogP contribution in [0.15, 0.2) is 23.0 Å². The highest BCUT2D eigenvalue weighted by Gasteiger charge is 2.31. The summed E-state index contributed by atoms with van der Waals surface area (Å²) < 4.78 is 62.4. The second-order valence-corrected chi connectivity index (χ2v) is 6.47. The molecule has 3 rings (SSSR count). The van der Waals surface area contributed by atoms with E-state index in [4.69, 9.17) is 7.48 Å². The molecule has 8 heteroatoms. The molecule has 0 saturated carbocycles. The van der Waals surface area contributed by atoms with Crippen molar-refractivity contribution in [2.75, 3.05) is 11.9 Å². The van der Waals surface area contributed by atoms with Crippen molar-refractivity contribution in [3.05, 3.63) is 51.7 Å². The van der Waals surface area contributed by atoms with Crippen LogP contribution in [0.4, 0.5) is 19.0 Å². The van der Waals surface area contributed by atoms with Gasteiger partial charge in [-0.2, -0.15) is 4.98 Å². The Labute approximate surface area is 145 Å². The number of aromatic nitrogens is 2. The molecule has 2 heterocycles. The molecule has 0 atom stereocenters. The second kappa shape index (κ2) is 6.09. The van der Waals surface area contributed by atoms with Crippen LogP contribution in [0, 0.1) is 17.5 Å². The number of anilines is 1. The first kappa shape index (κ1) is 14.8. The Morgan fingerprint density at radius 3 is 2.56 bits per heavy atom. The number of rotatable bonds is 3. The molecule has 0 fully saturated rings. The van der Waals surface area contributed by atoms with E-state index >= 15 is 0 Å². The van der Waals surface area contributed by atoms with Gasteiger partial charge in [0.05, 0.1) is 2.74 Å². The van der Waals surface area contributed by atoms with Gasteiger partial charge in [0.15, 0.2) is 17.5 Å². The van der Waals surface area contributed by atoms with Crippen LogP contribution >= 0.6 is 0 Å². The van der Waals surface area contributed by atoms with E-state index in [2.05, 4.69) is 4.98 Å². The van der Waals surface area contributed by atoms with Crippen molar-refractivity contribution in [1.82, 2.24) is 9.55 Å². The molecule has 0 N–H and O–H groups in total. The molecule has 0 saturated heterocycles. The summed E-state index contributed by atoms with van der Waals surface area (Å²) in [5.41, 5.74) is -1.45. The number of halogens is 3. The molecule has 0 radical (unpaired) electrons. The van der Waals surface area contributed by atoms with Crippen LogP contribution in [-0.4, -0.2) is 22.1 Å². The quantitative estimate of drug-likeness (QED) is 0.795. The molecule has 5 nitrogen and oxygen atoms in total. The summed E-state index contributed by atoms with van der Waals surface area (Å²) in [6.45, 7) is 1.69. The Kier molecular flexibility index (Phi) is 3.61. The van der Waals surface area contributed by atoms with Gasteiger partial charge in [-0.3, -0.25) is 4.57 Å². The maximum atomic E-state index is 13.4. The summed E-state index contributed by atoms with van der Waals surface area (Å²) in [6.07, 6.45) is 0.716. The highest BCUT2D eigenvalue weighted by Crippen LogP contribution is 2.31. The molecule has 0 aliphatic carbocycles. The van der Waals surface area contributed by atoms with Crippen molar-refractivity contribution >= 4 is 5.82 Å². The van der Waals surface area contributed by atoms with Crippen molar-refractivity contribution < 1.29 is 20.6 Å². The Morgan fingerprint density at radius 2 is 1.92 bits per heavy atom. The largest absolute Gasteiger partial charge is 0.473 e. The third-order valence-electron chi connectivity index (χ3n) is 4.42. The Balaban J connectivity index is 2.00. The Morgan fingerprint density at radius 1 is 1.28 bits per heavy atom. The van der Waals surface area contributed by atoms with Gasteiger partial charge in [-0.25, -0.2) is 18.0 Å². The molecule has 2 aromatic rings. The summed E-state index contributed by atoms with van der Waals surface area (Å²) >= 11 is 0. The van der Waals surface area contributed by atoms with Gasteiger partial charge < -0.3 is 9.64 Å². The lowest BCUT2D eigenvalue weighted by Gasteiger charge is -2.42. The van der Waals surface area contributed by atoms with Crippen LogP contribution < -0.4 is 15.3 Å².